The van der Waals surface area contributed by atoms with Gasteiger partial charge in [-0.3, -0.25) is 5.32 Å². The first kappa shape index (κ1) is 23.1. The Morgan fingerprint density at radius 3 is 2.59 bits per heavy atom. The van der Waals surface area contributed by atoms with E-state index in [1.807, 2.05) is 0 Å². The van der Waals surface area contributed by atoms with Gasteiger partial charge < -0.3 is 10.1 Å². The fraction of sp³-hybridized carbons (Fsp3) is 0.211. The van der Waals surface area contributed by atoms with E-state index in [1.165, 1.54) is 36.6 Å². The van der Waals surface area contributed by atoms with Crippen molar-refractivity contribution in [3.05, 3.63) is 53.6 Å². The number of benzene rings is 1. The summed E-state index contributed by atoms with van der Waals surface area (Å²) in [5.74, 6) is 0.913. The predicted molar refractivity (Wildman–Crippen MR) is 115 cm³/mol. The zero-order valence-electron chi connectivity index (χ0n) is 17.5. The van der Waals surface area contributed by atoms with Crippen molar-refractivity contribution in [2.45, 2.75) is 19.1 Å². The van der Waals surface area contributed by atoms with Crippen molar-refractivity contribution >= 4 is 40.2 Å². The summed E-state index contributed by atoms with van der Waals surface area (Å²) < 4.78 is 46.4. The van der Waals surface area contributed by atoms with Gasteiger partial charge in [0.1, 0.15) is 30.6 Å². The second kappa shape index (κ2) is 9.05. The van der Waals surface area contributed by atoms with E-state index in [1.54, 1.807) is 6.92 Å². The zero-order chi connectivity index (χ0) is 24.5. The number of hydrogen-bond acceptors (Lipinski definition) is 9. The number of carbonyl (C=O) groups excluding carboxylic acids is 1. The zero-order valence-corrected chi connectivity index (χ0v) is 18.3. The molecule has 1 atom stereocenters. The average Bonchev–Trinajstić information content (AvgIpc) is 3.29. The normalized spacial score (nSPS) is 12.4. The van der Waals surface area contributed by atoms with Crippen molar-refractivity contribution in [2.75, 3.05) is 17.7 Å². The van der Waals surface area contributed by atoms with Gasteiger partial charge in [0.05, 0.1) is 24.2 Å². The predicted octanol–water partition coefficient (Wildman–Crippen LogP) is 4.02. The fourth-order valence-corrected chi connectivity index (χ4v) is 3.36. The molecule has 0 bridgehead atoms. The number of nitrogens with zero attached hydrogens (tertiary/aromatic N) is 7. The molecule has 4 aromatic rings. The van der Waals surface area contributed by atoms with Gasteiger partial charge in [-0.05, 0) is 19.1 Å². The van der Waals surface area contributed by atoms with Gasteiger partial charge in [-0.1, -0.05) is 11.6 Å². The second-order valence-electron chi connectivity index (χ2n) is 6.84. The number of aromatic nitrogens is 7. The number of ether oxygens (including phenoxy) is 1. The molecule has 0 saturated heterocycles. The maximum Gasteiger partial charge on any atom is 0.418 e. The van der Waals surface area contributed by atoms with Gasteiger partial charge in [-0.25, -0.2) is 29.7 Å². The minimum Gasteiger partial charge on any atom is -0.453 e. The molecule has 3 aromatic heterocycles. The quantitative estimate of drug-likeness (QED) is 0.422. The van der Waals surface area contributed by atoms with Gasteiger partial charge >= 0.3 is 12.3 Å². The molecule has 15 heteroatoms. The molecule has 0 aliphatic carbocycles. The van der Waals surface area contributed by atoms with Crippen LogP contribution < -0.4 is 10.6 Å². The van der Waals surface area contributed by atoms with E-state index >= 15 is 0 Å². The number of halogens is 4. The number of rotatable bonds is 5. The van der Waals surface area contributed by atoms with Gasteiger partial charge in [-0.15, -0.1) is 0 Å². The average molecular weight is 494 g/mol. The van der Waals surface area contributed by atoms with Crippen LogP contribution in [0, 0.1) is 0 Å². The first-order chi connectivity index (χ1) is 16.2. The Balaban J connectivity index is 1.68. The number of hydrogen-bond donors (Lipinski definition) is 2. The van der Waals surface area contributed by atoms with Crippen LogP contribution in [0.5, 0.6) is 0 Å². The van der Waals surface area contributed by atoms with Gasteiger partial charge in [-0.2, -0.15) is 23.0 Å². The minimum atomic E-state index is -4.65. The molecular formula is C19H15ClF3N9O2. The molecule has 11 nitrogen and oxygen atoms in total. The van der Waals surface area contributed by atoms with E-state index in [0.717, 1.165) is 12.4 Å². The lowest BCUT2D eigenvalue weighted by molar-refractivity contribution is -0.136. The molecule has 34 heavy (non-hydrogen) atoms. The first-order valence-electron chi connectivity index (χ1n) is 9.52. The van der Waals surface area contributed by atoms with Crippen molar-refractivity contribution in [3.63, 3.8) is 0 Å². The third-order valence-electron chi connectivity index (χ3n) is 4.61. The third-order valence-corrected chi connectivity index (χ3v) is 4.83. The van der Waals surface area contributed by atoms with Crippen LogP contribution in [0.1, 0.15) is 24.4 Å². The van der Waals surface area contributed by atoms with Crippen LogP contribution in [0.15, 0.2) is 37.2 Å². The van der Waals surface area contributed by atoms with Gasteiger partial charge in [0, 0.05) is 16.5 Å². The van der Waals surface area contributed by atoms with E-state index < -0.39 is 23.9 Å². The van der Waals surface area contributed by atoms with Crippen molar-refractivity contribution in [1.29, 1.82) is 0 Å². The van der Waals surface area contributed by atoms with E-state index in [2.05, 4.69) is 45.4 Å². The monoisotopic (exact) mass is 493 g/mol. The molecular weight excluding hydrogens is 479 g/mol. The van der Waals surface area contributed by atoms with Crippen LogP contribution in [0.25, 0.3) is 16.7 Å². The molecule has 3 heterocycles. The Morgan fingerprint density at radius 1 is 1.09 bits per heavy atom. The Morgan fingerprint density at radius 2 is 1.85 bits per heavy atom. The maximum atomic E-state index is 13.5. The molecule has 4 rings (SSSR count). The minimum absolute atomic E-state index is 0.0897. The maximum absolute atomic E-state index is 13.5. The van der Waals surface area contributed by atoms with Crippen LogP contribution in [0.2, 0.25) is 5.02 Å². The number of nitrogens with one attached hydrogen (secondary N) is 2. The topological polar surface area (TPSA) is 133 Å². The van der Waals surface area contributed by atoms with Gasteiger partial charge in [0.25, 0.3) is 0 Å². The number of methoxy groups -OCH3 is 1. The molecule has 0 fully saturated rings. The largest absolute Gasteiger partial charge is 0.453 e. The summed E-state index contributed by atoms with van der Waals surface area (Å²) in [6.07, 6.45) is -1.85. The fourth-order valence-electron chi connectivity index (χ4n) is 3.14. The van der Waals surface area contributed by atoms with Crippen LogP contribution in [0.3, 0.4) is 0 Å². The summed E-state index contributed by atoms with van der Waals surface area (Å²) in [4.78, 5) is 31.6. The lowest BCUT2D eigenvalue weighted by Gasteiger charge is -2.17. The Bertz CT molecular complexity index is 1360. The highest BCUT2D eigenvalue weighted by Gasteiger charge is 2.34. The Labute approximate surface area is 194 Å². The van der Waals surface area contributed by atoms with Crippen molar-refractivity contribution in [3.8, 4) is 5.82 Å². The summed E-state index contributed by atoms with van der Waals surface area (Å²) in [5.41, 5.74) is -1.26. The molecule has 2 N–H and O–H groups in total. The second-order valence-corrected chi connectivity index (χ2v) is 7.28. The number of anilines is 2. The highest BCUT2D eigenvalue weighted by Crippen LogP contribution is 2.38. The summed E-state index contributed by atoms with van der Waals surface area (Å²) in [6, 6.07) is 3.01. The molecule has 0 radical (unpaired) electrons. The molecule has 0 spiro atoms. The van der Waals surface area contributed by atoms with E-state index in [-0.39, 0.29) is 33.4 Å². The number of alkyl halides is 3. The Kier molecular flexibility index (Phi) is 6.15. The Hall–Kier alpha value is -4.07. The number of amides is 1. The summed E-state index contributed by atoms with van der Waals surface area (Å²) in [5, 5.41) is 9.56. The van der Waals surface area contributed by atoms with Gasteiger partial charge in [0.15, 0.2) is 11.6 Å². The van der Waals surface area contributed by atoms with Crippen LogP contribution in [0.4, 0.5) is 29.6 Å². The lowest BCUT2D eigenvalue weighted by atomic mass is 10.1. The molecule has 176 valence electrons. The molecule has 0 aliphatic rings. The van der Waals surface area contributed by atoms with Crippen LogP contribution in [-0.4, -0.2) is 47.9 Å². The van der Waals surface area contributed by atoms with Crippen molar-refractivity contribution in [1.82, 2.24) is 34.7 Å². The molecule has 0 unspecified atom stereocenters. The first-order valence-corrected chi connectivity index (χ1v) is 9.90. The van der Waals surface area contributed by atoms with Crippen molar-refractivity contribution < 1.29 is 22.7 Å². The summed E-state index contributed by atoms with van der Waals surface area (Å²) in [7, 11) is 1.21. The van der Waals surface area contributed by atoms with E-state index in [0.29, 0.717) is 5.82 Å². The molecule has 0 aliphatic heterocycles. The third kappa shape index (κ3) is 4.66. The standard InChI is InChI=1S/C19H15ClF3N9O2/c1-9(17-28-8-29-32(17)14-5-13(24-6-25-14)31-18(33)34-2)30-16-11-3-10(20)4-12(19(21,22)23)15(11)26-7-27-16/h3-9H,1-2H3,(H,26,27,30)(H,24,25,31,33)/t9-/m0/s1. The van der Waals surface area contributed by atoms with Crippen LogP contribution >= 0.6 is 11.6 Å². The SMILES string of the molecule is COC(=O)Nc1cc(-n2ncnc2[C@H](C)Nc2ncnc3c(C(F)(F)F)cc(Cl)cc23)ncn1. The molecule has 0 saturated carbocycles. The van der Waals surface area contributed by atoms with Crippen LogP contribution in [-0.2, 0) is 10.9 Å². The summed E-state index contributed by atoms with van der Waals surface area (Å²) >= 11 is 5.94. The van der Waals surface area contributed by atoms with Crippen molar-refractivity contribution in [2.24, 2.45) is 0 Å². The van der Waals surface area contributed by atoms with E-state index in [4.69, 9.17) is 11.6 Å². The van der Waals surface area contributed by atoms with E-state index in [9.17, 15) is 18.0 Å². The lowest BCUT2D eigenvalue weighted by Crippen LogP contribution is -2.17. The highest BCUT2D eigenvalue weighted by atomic mass is 35.5. The van der Waals surface area contributed by atoms with Gasteiger partial charge in [0.2, 0.25) is 0 Å². The smallest absolute Gasteiger partial charge is 0.418 e. The molecule has 1 aromatic carbocycles. The number of fused-ring (bicyclic) bond motifs is 1. The highest BCUT2D eigenvalue weighted by molar-refractivity contribution is 6.31. The number of carbonyl (C=O) groups is 1. The summed E-state index contributed by atoms with van der Waals surface area (Å²) in [6.45, 7) is 1.71. The molecule has 1 amide bonds.